The summed E-state index contributed by atoms with van der Waals surface area (Å²) in [6, 6.07) is 29.4. The molecule has 0 aliphatic rings. The summed E-state index contributed by atoms with van der Waals surface area (Å²) in [5.41, 5.74) is 4.55. The van der Waals surface area contributed by atoms with Crippen molar-refractivity contribution in [2.24, 2.45) is 5.41 Å². The Hall–Kier alpha value is -4.63. The van der Waals surface area contributed by atoms with Crippen molar-refractivity contribution in [1.29, 1.82) is 0 Å². The average molecular weight is 1650 g/mol. The fourth-order valence-electron chi connectivity index (χ4n) is 6.94. The molecule has 540 valence electrons. The van der Waals surface area contributed by atoms with Gasteiger partial charge in [0.25, 0.3) is 0 Å². The number of benzene rings is 6. The lowest BCUT2D eigenvalue weighted by atomic mass is 9.82. The van der Waals surface area contributed by atoms with E-state index in [2.05, 4.69) is 148 Å². The van der Waals surface area contributed by atoms with Gasteiger partial charge in [0.05, 0.1) is 23.2 Å². The van der Waals surface area contributed by atoms with Crippen LogP contribution in [-0.2, 0) is 31.9 Å². The molecule has 0 radical (unpaired) electrons. The first-order valence-electron chi connectivity index (χ1n) is 27.9. The van der Waals surface area contributed by atoms with Gasteiger partial charge in [-0.05, 0) is 242 Å². The normalized spacial score (nSPS) is 10.3. The van der Waals surface area contributed by atoms with Crippen LogP contribution in [0.25, 0.3) is 0 Å². The second-order valence-corrected chi connectivity index (χ2v) is 27.5. The Bertz CT molecular complexity index is 2910. The molecule has 0 amide bonds. The minimum atomic E-state index is -0.902. The van der Waals surface area contributed by atoms with Crippen molar-refractivity contribution in [3.63, 3.8) is 0 Å². The van der Waals surface area contributed by atoms with Crippen LogP contribution in [0.4, 0.5) is 13.2 Å². The van der Waals surface area contributed by atoms with Crippen molar-refractivity contribution in [2.75, 3.05) is 7.11 Å². The maximum Gasteiger partial charge on any atom is 0.317 e. The van der Waals surface area contributed by atoms with Crippen LogP contribution in [0.15, 0.2) is 103 Å². The molecule has 0 unspecified atom stereocenters. The molecule has 0 spiro atoms. The smallest absolute Gasteiger partial charge is 0.317 e. The lowest BCUT2D eigenvalue weighted by Crippen LogP contribution is -2.28. The van der Waals surface area contributed by atoms with Crippen molar-refractivity contribution in [1.82, 2.24) is 0 Å². The van der Waals surface area contributed by atoms with E-state index < -0.39 is 34.4 Å². The number of phenolic OH excluding ortho intramolecular Hbond substituents is 6. The summed E-state index contributed by atoms with van der Waals surface area (Å²) >= 11 is 6.51. The molecule has 0 heterocycles. The van der Waals surface area contributed by atoms with Gasteiger partial charge in [0.1, 0.15) is 17.2 Å². The van der Waals surface area contributed by atoms with Crippen LogP contribution in [0.1, 0.15) is 265 Å². The summed E-state index contributed by atoms with van der Waals surface area (Å²) in [6.45, 7) is 37.1. The number of halogens is 6. The first-order valence-corrected chi connectivity index (χ1v) is 31.2. The number of aromatic hydroxyl groups is 6. The van der Waals surface area contributed by atoms with Crippen LogP contribution in [0, 0.1) is 33.6 Å². The molecule has 0 saturated heterocycles. The van der Waals surface area contributed by atoms with E-state index in [0.717, 1.165) is 53.9 Å². The predicted molar refractivity (Wildman–Crippen MR) is 427 cm³/mol. The standard InChI is InChI=1S/C12H17FO2.C12H16O3.C11H14F2O.C11H14I2O.C11H15IO.C11H16O.10CH4/c1-5-12(2,3)8-6-9(13)11(14)10(7-8)15-4;1-4-12(2,3)11(14)15-10-8-6-5-7-9(10)13;2*1-4-11(2,3)7-5-8(12)10(14)9(13)6-7;1-4-11(2,3)8-5-6-10(13)9(12)7-8;1-4-11(2,3)9-7-5-6-8-10(9)12;;;;;;;;;;/h6-7,14H,5H2,1-4H3;5-8,13H,4H2,1-3H3;2*5-6,14H,4H2,1-3H3;5-7,13H,4H2,1-3H3;5-8,12H,4H2,1-3H3;10*1H4. The van der Waals surface area contributed by atoms with E-state index in [4.69, 9.17) is 14.6 Å². The summed E-state index contributed by atoms with van der Waals surface area (Å²) < 4.78 is 52.2. The van der Waals surface area contributed by atoms with Gasteiger partial charge in [0, 0.05) is 0 Å². The number of esters is 1. The molecule has 0 fully saturated rings. The van der Waals surface area contributed by atoms with Gasteiger partial charge in [-0.2, -0.15) is 0 Å². The number of carbonyl (C=O) groups excluding carboxylic acids is 1. The van der Waals surface area contributed by atoms with E-state index in [1.54, 1.807) is 36.4 Å². The Morgan fingerprint density at radius 1 is 0.376 bits per heavy atom. The lowest BCUT2D eigenvalue weighted by Gasteiger charge is -2.24. The number of hydrogen-bond acceptors (Lipinski definition) is 9. The Morgan fingerprint density at radius 3 is 1.06 bits per heavy atom. The third-order valence-electron chi connectivity index (χ3n) is 15.9. The van der Waals surface area contributed by atoms with Gasteiger partial charge in [-0.3, -0.25) is 4.79 Å². The van der Waals surface area contributed by atoms with Crippen LogP contribution in [-0.4, -0.2) is 43.7 Å². The molecule has 9 nitrogen and oxygen atoms in total. The number of phenols is 6. The van der Waals surface area contributed by atoms with Gasteiger partial charge in [0.15, 0.2) is 46.2 Å². The Kier molecular flexibility index (Phi) is 56.8. The summed E-state index contributed by atoms with van der Waals surface area (Å²) in [5, 5.41) is 56.3. The molecule has 93 heavy (non-hydrogen) atoms. The zero-order chi connectivity index (χ0) is 64.2. The summed E-state index contributed by atoms with van der Waals surface area (Å²) in [4.78, 5) is 11.7. The first kappa shape index (κ1) is 110. The van der Waals surface area contributed by atoms with E-state index in [-0.39, 0.29) is 125 Å². The monoisotopic (exact) mass is 1650 g/mol. The van der Waals surface area contributed by atoms with Crippen molar-refractivity contribution in [3.8, 4) is 46.0 Å². The first-order chi connectivity index (χ1) is 38.2. The SMILES string of the molecule is C.C.C.C.C.C.C.C.C.C.CCC(C)(C)C(=O)Oc1ccccc1O.CCC(C)(C)c1cc(F)c(O)c(F)c1.CCC(C)(C)c1cc(F)c(O)c(OC)c1.CCC(C)(C)c1cc(I)c(O)c(I)c1.CCC(C)(C)c1ccc(O)c(I)c1.CCC(C)(C)c1ccccc1O. The van der Waals surface area contributed by atoms with Crippen LogP contribution in [0.5, 0.6) is 46.0 Å². The van der Waals surface area contributed by atoms with Crippen LogP contribution >= 0.6 is 67.8 Å². The van der Waals surface area contributed by atoms with Crippen molar-refractivity contribution in [2.45, 2.75) is 264 Å². The Morgan fingerprint density at radius 2 is 0.710 bits per heavy atom. The second-order valence-electron chi connectivity index (χ2n) is 24.1. The van der Waals surface area contributed by atoms with E-state index in [9.17, 15) is 43.5 Å². The molecule has 6 rings (SSSR count). The van der Waals surface area contributed by atoms with Crippen LogP contribution in [0.2, 0.25) is 0 Å². The number of methoxy groups -OCH3 is 1. The number of para-hydroxylation sites is 3. The fourth-order valence-corrected chi connectivity index (χ4v) is 9.22. The van der Waals surface area contributed by atoms with Gasteiger partial charge in [-0.25, -0.2) is 13.2 Å². The minimum Gasteiger partial charge on any atom is -0.508 e. The average Bonchev–Trinajstić information content (AvgIpc) is 0.878. The predicted octanol–water partition coefficient (Wildman–Crippen LogP) is 26.7. The van der Waals surface area contributed by atoms with Crippen molar-refractivity contribution < 1.29 is 58.1 Å². The summed E-state index contributed by atoms with van der Waals surface area (Å²) in [5.74, 6) is -2.52. The molecule has 0 saturated carbocycles. The van der Waals surface area contributed by atoms with E-state index in [1.165, 1.54) is 42.5 Å². The molecule has 15 heteroatoms. The Labute approximate surface area is 609 Å². The van der Waals surface area contributed by atoms with E-state index in [1.807, 2.05) is 86.6 Å². The van der Waals surface area contributed by atoms with E-state index >= 15 is 0 Å². The topological polar surface area (TPSA) is 157 Å². The molecular weight excluding hydrogens is 1520 g/mol. The number of hydrogen-bond donors (Lipinski definition) is 6. The summed E-state index contributed by atoms with van der Waals surface area (Å²) in [6.07, 6.45) is 5.60. The molecule has 6 aromatic carbocycles. The third kappa shape index (κ3) is 33.3. The molecule has 0 bridgehead atoms. The maximum absolute atomic E-state index is 13.4. The highest BCUT2D eigenvalue weighted by Crippen LogP contribution is 2.39. The number of ether oxygens (including phenoxy) is 2. The van der Waals surface area contributed by atoms with Crippen molar-refractivity contribution >= 4 is 73.7 Å². The van der Waals surface area contributed by atoms with Gasteiger partial charge in [-0.1, -0.05) is 221 Å². The molecular formula is C78H132F3I3O9. The highest BCUT2D eigenvalue weighted by Gasteiger charge is 2.29. The van der Waals surface area contributed by atoms with Gasteiger partial charge in [-0.15, -0.1) is 0 Å². The van der Waals surface area contributed by atoms with Gasteiger partial charge in [0.2, 0.25) is 0 Å². The fraction of sp³-hybridized carbons (Fsp3) is 0.526. The quantitative estimate of drug-likeness (QED) is 0.0355. The highest BCUT2D eigenvalue weighted by molar-refractivity contribution is 14.1. The molecule has 0 aromatic heterocycles. The van der Waals surface area contributed by atoms with Crippen LogP contribution < -0.4 is 9.47 Å². The van der Waals surface area contributed by atoms with Crippen molar-refractivity contribution in [3.05, 3.63) is 159 Å². The number of rotatable bonds is 14. The summed E-state index contributed by atoms with van der Waals surface area (Å²) in [7, 11) is 1.41. The highest BCUT2D eigenvalue weighted by atomic mass is 127. The molecule has 0 atom stereocenters. The molecule has 0 aliphatic carbocycles. The number of carbonyl (C=O) groups is 1. The maximum atomic E-state index is 13.4. The van der Waals surface area contributed by atoms with Gasteiger partial charge < -0.3 is 40.1 Å². The second kappa shape index (κ2) is 48.1. The molecule has 6 N–H and O–H groups in total. The van der Waals surface area contributed by atoms with Gasteiger partial charge >= 0.3 is 5.97 Å². The van der Waals surface area contributed by atoms with E-state index in [0.29, 0.717) is 29.2 Å². The zero-order valence-electron chi connectivity index (χ0n) is 52.2. The molecule has 0 aliphatic heterocycles. The minimum absolute atomic E-state index is 0. The Balaban J connectivity index is -0.000000109. The largest absolute Gasteiger partial charge is 0.508 e. The third-order valence-corrected chi connectivity index (χ3v) is 18.4. The van der Waals surface area contributed by atoms with Crippen LogP contribution in [0.3, 0.4) is 0 Å². The molecule has 6 aromatic rings. The zero-order valence-corrected chi connectivity index (χ0v) is 58.7. The lowest BCUT2D eigenvalue weighted by molar-refractivity contribution is -0.144.